The van der Waals surface area contributed by atoms with Gasteiger partial charge in [0.05, 0.1) is 0 Å². The Bertz CT molecular complexity index is 419. The highest BCUT2D eigenvalue weighted by Gasteiger charge is 2.28. The van der Waals surface area contributed by atoms with Crippen LogP contribution in [-0.2, 0) is 11.8 Å². The number of nitrogens with one attached hydrogen (secondary N) is 1. The molecule has 2 nitrogen and oxygen atoms in total. The molecule has 0 spiro atoms. The SMILES string of the molecule is CCc1cc2c(cc1C(C)N)NCCC2(C)C. The lowest BCUT2D eigenvalue weighted by Crippen LogP contribution is -2.29. The minimum absolute atomic E-state index is 0.113. The zero-order chi connectivity index (χ0) is 12.6. The molecule has 0 amide bonds. The van der Waals surface area contributed by atoms with Gasteiger partial charge in [0.1, 0.15) is 0 Å². The van der Waals surface area contributed by atoms with E-state index >= 15 is 0 Å². The van der Waals surface area contributed by atoms with Crippen LogP contribution in [0.3, 0.4) is 0 Å². The Morgan fingerprint density at radius 3 is 2.71 bits per heavy atom. The first kappa shape index (κ1) is 12.4. The summed E-state index contributed by atoms with van der Waals surface area (Å²) in [6.45, 7) is 9.99. The molecule has 94 valence electrons. The summed E-state index contributed by atoms with van der Waals surface area (Å²) in [6, 6.07) is 4.74. The smallest absolute Gasteiger partial charge is 0.0381 e. The van der Waals surface area contributed by atoms with Crippen molar-refractivity contribution in [1.29, 1.82) is 0 Å². The molecule has 0 aliphatic carbocycles. The number of aryl methyl sites for hydroxylation is 1. The fourth-order valence-corrected chi connectivity index (χ4v) is 2.74. The Kier molecular flexibility index (Phi) is 3.17. The summed E-state index contributed by atoms with van der Waals surface area (Å²) in [5.74, 6) is 0. The monoisotopic (exact) mass is 232 g/mol. The van der Waals surface area contributed by atoms with Gasteiger partial charge in [-0.05, 0) is 47.9 Å². The fraction of sp³-hybridized carbons (Fsp3) is 0.600. The van der Waals surface area contributed by atoms with Crippen LogP contribution < -0.4 is 11.1 Å². The molecule has 17 heavy (non-hydrogen) atoms. The van der Waals surface area contributed by atoms with E-state index in [1.165, 1.54) is 28.8 Å². The lowest BCUT2D eigenvalue weighted by Gasteiger charge is -2.34. The molecule has 2 heteroatoms. The normalized spacial score (nSPS) is 19.4. The van der Waals surface area contributed by atoms with E-state index in [4.69, 9.17) is 5.73 Å². The van der Waals surface area contributed by atoms with Crippen LogP contribution in [0.25, 0.3) is 0 Å². The van der Waals surface area contributed by atoms with Gasteiger partial charge in [0.25, 0.3) is 0 Å². The second-order valence-electron chi connectivity index (χ2n) is 5.80. The number of benzene rings is 1. The standard InChI is InChI=1S/C15H24N2/c1-5-11-8-13-14(9-12(11)10(2)16)17-7-6-15(13,3)4/h8-10,17H,5-7,16H2,1-4H3. The number of anilines is 1. The summed E-state index contributed by atoms with van der Waals surface area (Å²) in [6.07, 6.45) is 2.25. The maximum Gasteiger partial charge on any atom is 0.0381 e. The van der Waals surface area contributed by atoms with E-state index in [0.717, 1.165) is 13.0 Å². The molecule has 1 aliphatic rings. The predicted molar refractivity (Wildman–Crippen MR) is 74.6 cm³/mol. The molecule has 0 saturated carbocycles. The van der Waals surface area contributed by atoms with Gasteiger partial charge in [0, 0.05) is 18.3 Å². The molecule has 0 saturated heterocycles. The maximum absolute atomic E-state index is 6.06. The third-order valence-corrected chi connectivity index (χ3v) is 3.95. The Hall–Kier alpha value is -1.02. The van der Waals surface area contributed by atoms with Crippen LogP contribution in [0.1, 0.15) is 56.8 Å². The molecule has 0 bridgehead atoms. The molecular formula is C15H24N2. The minimum atomic E-state index is 0.113. The van der Waals surface area contributed by atoms with Crippen LogP contribution >= 0.6 is 0 Å². The van der Waals surface area contributed by atoms with Crippen molar-refractivity contribution >= 4 is 5.69 Å². The highest BCUT2D eigenvalue weighted by molar-refractivity contribution is 5.60. The van der Waals surface area contributed by atoms with Crippen molar-refractivity contribution in [3.05, 3.63) is 28.8 Å². The van der Waals surface area contributed by atoms with Crippen LogP contribution in [0.4, 0.5) is 5.69 Å². The maximum atomic E-state index is 6.06. The number of nitrogens with two attached hydrogens (primary N) is 1. The highest BCUT2D eigenvalue weighted by Crippen LogP contribution is 2.39. The van der Waals surface area contributed by atoms with Crippen LogP contribution in [0.15, 0.2) is 12.1 Å². The van der Waals surface area contributed by atoms with Gasteiger partial charge in [-0.15, -0.1) is 0 Å². The van der Waals surface area contributed by atoms with Crippen LogP contribution in [-0.4, -0.2) is 6.54 Å². The second-order valence-corrected chi connectivity index (χ2v) is 5.80. The molecular weight excluding hydrogens is 208 g/mol. The van der Waals surface area contributed by atoms with E-state index in [2.05, 4.69) is 45.1 Å². The van der Waals surface area contributed by atoms with E-state index in [9.17, 15) is 0 Å². The summed E-state index contributed by atoms with van der Waals surface area (Å²) >= 11 is 0. The molecule has 1 heterocycles. The Labute approximate surface area is 105 Å². The Balaban J connectivity index is 2.57. The van der Waals surface area contributed by atoms with Crippen molar-refractivity contribution < 1.29 is 0 Å². The molecule has 1 unspecified atom stereocenters. The van der Waals surface area contributed by atoms with Gasteiger partial charge in [0.2, 0.25) is 0 Å². The third-order valence-electron chi connectivity index (χ3n) is 3.95. The van der Waals surface area contributed by atoms with Gasteiger partial charge < -0.3 is 11.1 Å². The molecule has 0 fully saturated rings. The molecule has 1 aliphatic heterocycles. The van der Waals surface area contributed by atoms with E-state index in [1.807, 2.05) is 0 Å². The minimum Gasteiger partial charge on any atom is -0.385 e. The molecule has 3 N–H and O–H groups in total. The van der Waals surface area contributed by atoms with E-state index in [-0.39, 0.29) is 11.5 Å². The van der Waals surface area contributed by atoms with Gasteiger partial charge >= 0.3 is 0 Å². The molecule has 1 aromatic rings. The van der Waals surface area contributed by atoms with Gasteiger partial charge in [-0.3, -0.25) is 0 Å². The van der Waals surface area contributed by atoms with Crippen molar-refractivity contribution in [2.24, 2.45) is 5.73 Å². The molecule has 0 aromatic heterocycles. The topological polar surface area (TPSA) is 38.0 Å². The zero-order valence-electron chi connectivity index (χ0n) is 11.4. The van der Waals surface area contributed by atoms with Crippen molar-refractivity contribution in [1.82, 2.24) is 0 Å². The Morgan fingerprint density at radius 1 is 1.41 bits per heavy atom. The summed E-state index contributed by atoms with van der Waals surface area (Å²) in [7, 11) is 0. The van der Waals surface area contributed by atoms with Crippen molar-refractivity contribution in [3.63, 3.8) is 0 Å². The average Bonchev–Trinajstić information content (AvgIpc) is 2.27. The number of hydrogen-bond donors (Lipinski definition) is 2. The first-order chi connectivity index (χ1) is 7.95. The largest absolute Gasteiger partial charge is 0.385 e. The number of rotatable bonds is 2. The van der Waals surface area contributed by atoms with Crippen molar-refractivity contribution in [2.75, 3.05) is 11.9 Å². The average molecular weight is 232 g/mol. The third kappa shape index (κ3) is 2.19. The second kappa shape index (κ2) is 4.34. The van der Waals surface area contributed by atoms with Crippen molar-refractivity contribution in [2.45, 2.75) is 52.0 Å². The summed E-state index contributed by atoms with van der Waals surface area (Å²) < 4.78 is 0. The van der Waals surface area contributed by atoms with Crippen LogP contribution in [0.2, 0.25) is 0 Å². The molecule has 0 radical (unpaired) electrons. The number of fused-ring (bicyclic) bond motifs is 1. The van der Waals surface area contributed by atoms with Crippen molar-refractivity contribution in [3.8, 4) is 0 Å². The highest BCUT2D eigenvalue weighted by atomic mass is 14.9. The van der Waals surface area contributed by atoms with Crippen LogP contribution in [0, 0.1) is 0 Å². The first-order valence-corrected chi connectivity index (χ1v) is 6.62. The lowest BCUT2D eigenvalue weighted by molar-refractivity contribution is 0.481. The summed E-state index contributed by atoms with van der Waals surface area (Å²) in [5.41, 5.74) is 11.8. The molecule has 1 atom stereocenters. The lowest BCUT2D eigenvalue weighted by atomic mass is 9.76. The van der Waals surface area contributed by atoms with Gasteiger partial charge in [0.15, 0.2) is 0 Å². The summed E-state index contributed by atoms with van der Waals surface area (Å²) in [5, 5.41) is 3.51. The zero-order valence-corrected chi connectivity index (χ0v) is 11.4. The van der Waals surface area contributed by atoms with Gasteiger partial charge in [-0.1, -0.05) is 26.8 Å². The quantitative estimate of drug-likeness (QED) is 0.820. The van der Waals surface area contributed by atoms with Gasteiger partial charge in [-0.25, -0.2) is 0 Å². The van der Waals surface area contributed by atoms with E-state index in [0.29, 0.717) is 0 Å². The Morgan fingerprint density at radius 2 is 2.12 bits per heavy atom. The molecule has 1 aromatic carbocycles. The van der Waals surface area contributed by atoms with Gasteiger partial charge in [-0.2, -0.15) is 0 Å². The van der Waals surface area contributed by atoms with Crippen LogP contribution in [0.5, 0.6) is 0 Å². The predicted octanol–water partition coefficient (Wildman–Crippen LogP) is 3.36. The van der Waals surface area contributed by atoms with E-state index in [1.54, 1.807) is 0 Å². The fourth-order valence-electron chi connectivity index (χ4n) is 2.74. The summed E-state index contributed by atoms with van der Waals surface area (Å²) in [4.78, 5) is 0. The molecule has 2 rings (SSSR count). The first-order valence-electron chi connectivity index (χ1n) is 6.62. The van der Waals surface area contributed by atoms with E-state index < -0.39 is 0 Å². The number of hydrogen-bond acceptors (Lipinski definition) is 2.